The Balaban J connectivity index is 1.68. The van der Waals surface area contributed by atoms with Crippen molar-refractivity contribution in [2.24, 2.45) is 0 Å². The maximum absolute atomic E-state index is 12.1. The molecule has 6 heteroatoms. The van der Waals surface area contributed by atoms with Crippen LogP contribution < -0.4 is 16.0 Å². The van der Waals surface area contributed by atoms with Gasteiger partial charge in [-0.05, 0) is 84.2 Å². The smallest absolute Gasteiger partial charge is 0.412 e. The van der Waals surface area contributed by atoms with E-state index in [0.29, 0.717) is 11.4 Å². The van der Waals surface area contributed by atoms with Gasteiger partial charge >= 0.3 is 6.09 Å². The van der Waals surface area contributed by atoms with E-state index in [1.54, 1.807) is 0 Å². The summed E-state index contributed by atoms with van der Waals surface area (Å²) in [5.74, 6) is 0. The molecule has 1 aromatic rings. The molecule has 0 unspecified atom stereocenters. The number of nitrogens with one attached hydrogen (secondary N) is 1. The fourth-order valence-corrected chi connectivity index (χ4v) is 4.16. The van der Waals surface area contributed by atoms with Gasteiger partial charge in [0.2, 0.25) is 0 Å². The second-order valence-electron chi connectivity index (χ2n) is 8.81. The number of carbonyl (C=O) groups is 1. The Bertz CT molecular complexity index is 669. The molecule has 0 spiro atoms. The Morgan fingerprint density at radius 2 is 1.78 bits per heavy atom. The summed E-state index contributed by atoms with van der Waals surface area (Å²) in [5.41, 5.74) is 9.07. The van der Waals surface area contributed by atoms with E-state index in [4.69, 9.17) is 10.5 Å². The summed E-state index contributed by atoms with van der Waals surface area (Å²) in [5, 5.41) is 2.81. The van der Waals surface area contributed by atoms with E-state index in [1.807, 2.05) is 32.9 Å². The molecule has 150 valence electrons. The lowest BCUT2D eigenvalue weighted by Crippen LogP contribution is -2.44. The molecule has 0 bridgehead atoms. The maximum Gasteiger partial charge on any atom is 0.412 e. The Morgan fingerprint density at radius 1 is 1.15 bits per heavy atom. The van der Waals surface area contributed by atoms with Gasteiger partial charge in [-0.3, -0.25) is 5.32 Å². The molecule has 27 heavy (non-hydrogen) atoms. The van der Waals surface area contributed by atoms with Crippen molar-refractivity contribution in [1.29, 1.82) is 0 Å². The number of hydrogen-bond donors (Lipinski definition) is 2. The molecule has 0 atom stereocenters. The second-order valence-corrected chi connectivity index (χ2v) is 8.81. The van der Waals surface area contributed by atoms with Crippen molar-refractivity contribution >= 4 is 23.2 Å². The Kier molecular flexibility index (Phi) is 5.84. The minimum Gasteiger partial charge on any atom is -0.444 e. The highest BCUT2D eigenvalue weighted by atomic mass is 16.6. The molecular weight excluding hydrogens is 340 g/mol. The lowest BCUT2D eigenvalue weighted by atomic mass is 10.0. The summed E-state index contributed by atoms with van der Waals surface area (Å²) in [6.07, 6.45) is 4.60. The van der Waals surface area contributed by atoms with Crippen LogP contribution in [0.15, 0.2) is 12.1 Å². The lowest BCUT2D eigenvalue weighted by Gasteiger charge is -2.38. The van der Waals surface area contributed by atoms with E-state index in [0.717, 1.165) is 30.4 Å². The third kappa shape index (κ3) is 5.06. The summed E-state index contributed by atoms with van der Waals surface area (Å²) in [7, 11) is 0. The Hall–Kier alpha value is -1.95. The average molecular weight is 375 g/mol. The van der Waals surface area contributed by atoms with Gasteiger partial charge < -0.3 is 20.3 Å². The van der Waals surface area contributed by atoms with E-state index < -0.39 is 11.7 Å². The molecule has 0 radical (unpaired) electrons. The molecule has 1 amide bonds. The molecular formula is C21H34N4O2. The number of likely N-dealkylation sites (tertiary alicyclic amines) is 1. The average Bonchev–Trinajstić information content (AvgIpc) is 3.10. The molecule has 0 aliphatic carbocycles. The molecule has 2 fully saturated rings. The minimum absolute atomic E-state index is 0.475. The molecule has 2 saturated heterocycles. The van der Waals surface area contributed by atoms with Gasteiger partial charge in [-0.2, -0.15) is 0 Å². The molecule has 2 aliphatic rings. The van der Waals surface area contributed by atoms with Crippen LogP contribution in [0.3, 0.4) is 0 Å². The fourth-order valence-electron chi connectivity index (χ4n) is 4.16. The number of nitrogen functional groups attached to an aromatic ring is 1. The summed E-state index contributed by atoms with van der Waals surface area (Å²) in [4.78, 5) is 17.2. The number of benzene rings is 1. The maximum atomic E-state index is 12.1. The first kappa shape index (κ1) is 19.8. The molecule has 3 rings (SSSR count). The molecule has 2 aliphatic heterocycles. The molecule has 6 nitrogen and oxygen atoms in total. The van der Waals surface area contributed by atoms with Crippen molar-refractivity contribution < 1.29 is 9.53 Å². The van der Waals surface area contributed by atoms with E-state index >= 15 is 0 Å². The van der Waals surface area contributed by atoms with Gasteiger partial charge in [0, 0.05) is 24.8 Å². The largest absolute Gasteiger partial charge is 0.444 e. The molecule has 0 saturated carbocycles. The first-order valence-corrected chi connectivity index (χ1v) is 10.1. The van der Waals surface area contributed by atoms with Gasteiger partial charge in [0.15, 0.2) is 0 Å². The molecule has 3 N–H and O–H groups in total. The predicted octanol–water partition coefficient (Wildman–Crippen LogP) is 3.99. The number of piperidine rings is 1. The van der Waals surface area contributed by atoms with Crippen molar-refractivity contribution in [1.82, 2.24) is 4.90 Å². The summed E-state index contributed by atoms with van der Waals surface area (Å²) >= 11 is 0. The van der Waals surface area contributed by atoms with Gasteiger partial charge in [0.1, 0.15) is 5.60 Å². The van der Waals surface area contributed by atoms with Crippen LogP contribution in [0.25, 0.3) is 0 Å². The van der Waals surface area contributed by atoms with Crippen molar-refractivity contribution in [2.45, 2.75) is 65.0 Å². The van der Waals surface area contributed by atoms with E-state index in [9.17, 15) is 4.79 Å². The molecule has 1 aromatic carbocycles. The van der Waals surface area contributed by atoms with Crippen molar-refractivity contribution in [3.05, 3.63) is 17.7 Å². The quantitative estimate of drug-likeness (QED) is 0.783. The normalized spacial score (nSPS) is 19.3. The van der Waals surface area contributed by atoms with Gasteiger partial charge in [-0.1, -0.05) is 0 Å². The van der Waals surface area contributed by atoms with Crippen LogP contribution in [0.4, 0.5) is 21.9 Å². The highest BCUT2D eigenvalue weighted by Crippen LogP contribution is 2.33. The van der Waals surface area contributed by atoms with E-state index in [2.05, 4.69) is 22.0 Å². The number of nitrogens with two attached hydrogens (primary N) is 1. The van der Waals surface area contributed by atoms with Gasteiger partial charge in [-0.25, -0.2) is 4.79 Å². The van der Waals surface area contributed by atoms with Crippen LogP contribution in [-0.2, 0) is 4.74 Å². The summed E-state index contributed by atoms with van der Waals surface area (Å²) in [6.45, 7) is 12.2. The molecule has 2 heterocycles. The van der Waals surface area contributed by atoms with Crippen LogP contribution in [0, 0.1) is 6.92 Å². The number of aryl methyl sites for hydroxylation is 1. The second kappa shape index (κ2) is 7.97. The number of carbonyl (C=O) groups excluding carboxylic acids is 1. The van der Waals surface area contributed by atoms with E-state index in [-0.39, 0.29) is 0 Å². The highest BCUT2D eigenvalue weighted by molar-refractivity contribution is 5.91. The number of hydrogen-bond acceptors (Lipinski definition) is 5. The first-order chi connectivity index (χ1) is 12.7. The number of rotatable bonds is 3. The highest BCUT2D eigenvalue weighted by Gasteiger charge is 2.27. The monoisotopic (exact) mass is 374 g/mol. The van der Waals surface area contributed by atoms with Crippen LogP contribution in [0.2, 0.25) is 0 Å². The third-order valence-electron chi connectivity index (χ3n) is 5.47. The molecule has 0 aromatic heterocycles. The zero-order valence-corrected chi connectivity index (χ0v) is 17.2. The van der Waals surface area contributed by atoms with E-state index in [1.165, 1.54) is 38.8 Å². The number of amides is 1. The number of ether oxygens (including phenoxy) is 1. The fraction of sp³-hybridized carbons (Fsp3) is 0.667. The van der Waals surface area contributed by atoms with Gasteiger partial charge in [0.25, 0.3) is 0 Å². The third-order valence-corrected chi connectivity index (χ3v) is 5.47. The van der Waals surface area contributed by atoms with Crippen LogP contribution in [0.5, 0.6) is 0 Å². The predicted molar refractivity (Wildman–Crippen MR) is 111 cm³/mol. The minimum atomic E-state index is -0.538. The summed E-state index contributed by atoms with van der Waals surface area (Å²) < 4.78 is 5.36. The van der Waals surface area contributed by atoms with Crippen molar-refractivity contribution in [2.75, 3.05) is 42.1 Å². The van der Waals surface area contributed by atoms with Gasteiger partial charge in [0.05, 0.1) is 11.4 Å². The van der Waals surface area contributed by atoms with Gasteiger partial charge in [-0.15, -0.1) is 0 Å². The SMILES string of the molecule is Cc1cc(N)c(NC(=O)OC(C)(C)C)cc1N1CCC(N2CCCC2)CC1. The Labute approximate surface area is 163 Å². The van der Waals surface area contributed by atoms with Crippen LogP contribution >= 0.6 is 0 Å². The van der Waals surface area contributed by atoms with Crippen molar-refractivity contribution in [3.8, 4) is 0 Å². The topological polar surface area (TPSA) is 70.8 Å². The van der Waals surface area contributed by atoms with Crippen LogP contribution in [0.1, 0.15) is 52.0 Å². The standard InChI is InChI=1S/C21H34N4O2/c1-15-13-17(22)18(23-20(26)27-21(2,3)4)14-19(15)25-11-7-16(8-12-25)24-9-5-6-10-24/h13-14,16H,5-12,22H2,1-4H3,(H,23,26). The first-order valence-electron chi connectivity index (χ1n) is 10.1. The zero-order valence-electron chi connectivity index (χ0n) is 17.2. The number of nitrogens with zero attached hydrogens (tertiary/aromatic N) is 2. The zero-order chi connectivity index (χ0) is 19.6. The van der Waals surface area contributed by atoms with Crippen molar-refractivity contribution in [3.63, 3.8) is 0 Å². The van der Waals surface area contributed by atoms with Crippen LogP contribution in [-0.4, -0.2) is 48.8 Å². The lowest BCUT2D eigenvalue weighted by molar-refractivity contribution is 0.0636. The summed E-state index contributed by atoms with van der Waals surface area (Å²) in [6, 6.07) is 4.65. The number of anilines is 3. The Morgan fingerprint density at radius 3 is 2.37 bits per heavy atom.